The van der Waals surface area contributed by atoms with Gasteiger partial charge in [0, 0.05) is 11.8 Å². The van der Waals surface area contributed by atoms with Gasteiger partial charge in [0.25, 0.3) is 5.22 Å². The van der Waals surface area contributed by atoms with Crippen molar-refractivity contribution in [3.8, 4) is 0 Å². The van der Waals surface area contributed by atoms with Gasteiger partial charge in [0.05, 0.1) is 5.69 Å². The maximum Gasteiger partial charge on any atom is 0.256 e. The normalized spacial score (nSPS) is 18.1. The molecule has 4 heteroatoms. The Morgan fingerprint density at radius 1 is 1.37 bits per heavy atom. The number of hydrogen-bond acceptors (Lipinski definition) is 4. The largest absolute Gasteiger partial charge is 0.437 e. The molecule has 1 atom stereocenters. The fourth-order valence-corrected chi connectivity index (χ4v) is 3.81. The van der Waals surface area contributed by atoms with Crippen LogP contribution in [0.4, 0.5) is 0 Å². The number of rotatable bonds is 7. The average molecular weight is 282 g/mol. The molecule has 1 aromatic heterocycles. The van der Waals surface area contributed by atoms with Crippen LogP contribution in [-0.2, 0) is 0 Å². The van der Waals surface area contributed by atoms with Gasteiger partial charge in [0.1, 0.15) is 5.76 Å². The minimum atomic E-state index is 0.611. The van der Waals surface area contributed by atoms with Gasteiger partial charge in [0.15, 0.2) is 0 Å². The highest BCUT2D eigenvalue weighted by atomic mass is 32.2. The Morgan fingerprint density at radius 3 is 2.68 bits per heavy atom. The van der Waals surface area contributed by atoms with E-state index in [2.05, 4.69) is 17.2 Å². The van der Waals surface area contributed by atoms with Crippen molar-refractivity contribution in [1.82, 2.24) is 10.3 Å². The molecule has 1 aliphatic rings. The summed E-state index contributed by atoms with van der Waals surface area (Å²) in [4.78, 5) is 4.46. The maximum atomic E-state index is 5.66. The van der Waals surface area contributed by atoms with Crippen LogP contribution in [0.15, 0.2) is 9.64 Å². The number of aryl methyl sites for hydroxylation is 2. The summed E-state index contributed by atoms with van der Waals surface area (Å²) in [5.74, 6) is 2.86. The van der Waals surface area contributed by atoms with Crippen LogP contribution in [0.3, 0.4) is 0 Å². The van der Waals surface area contributed by atoms with Crippen LogP contribution in [0, 0.1) is 19.8 Å². The molecule has 0 spiro atoms. The quantitative estimate of drug-likeness (QED) is 0.769. The molecule has 1 N–H and O–H groups in total. The summed E-state index contributed by atoms with van der Waals surface area (Å²) in [6.07, 6.45) is 6.76. The van der Waals surface area contributed by atoms with Crippen LogP contribution in [-0.4, -0.2) is 23.3 Å². The van der Waals surface area contributed by atoms with Crippen LogP contribution in [0.25, 0.3) is 0 Å². The zero-order chi connectivity index (χ0) is 13.7. The third kappa shape index (κ3) is 4.25. The molecule has 0 aromatic carbocycles. The van der Waals surface area contributed by atoms with Gasteiger partial charge in [-0.3, -0.25) is 0 Å². The maximum absolute atomic E-state index is 5.66. The predicted molar refractivity (Wildman–Crippen MR) is 80.7 cm³/mol. The molecule has 2 rings (SSSR count). The van der Waals surface area contributed by atoms with Crippen molar-refractivity contribution in [3.05, 3.63) is 11.5 Å². The molecular formula is C15H26N2OS. The summed E-state index contributed by atoms with van der Waals surface area (Å²) in [6, 6.07) is 0.611. The third-order valence-electron chi connectivity index (χ3n) is 4.02. The Balaban J connectivity index is 1.87. The molecule has 3 nitrogen and oxygen atoms in total. The van der Waals surface area contributed by atoms with E-state index in [4.69, 9.17) is 4.42 Å². The van der Waals surface area contributed by atoms with Crippen LogP contribution in [0.2, 0.25) is 0 Å². The zero-order valence-electron chi connectivity index (χ0n) is 12.4. The Kier molecular flexibility index (Phi) is 5.76. The predicted octanol–water partition coefficient (Wildman–Crippen LogP) is 3.94. The molecule has 0 aliphatic heterocycles. The van der Waals surface area contributed by atoms with Gasteiger partial charge in [-0.25, -0.2) is 4.98 Å². The van der Waals surface area contributed by atoms with E-state index in [0.29, 0.717) is 6.04 Å². The monoisotopic (exact) mass is 282 g/mol. The lowest BCUT2D eigenvalue weighted by molar-refractivity contribution is 0.385. The third-order valence-corrected chi connectivity index (χ3v) is 4.97. The molecule has 1 saturated carbocycles. The summed E-state index contributed by atoms with van der Waals surface area (Å²) in [5, 5.41) is 4.54. The fourth-order valence-electron chi connectivity index (χ4n) is 2.72. The standard InChI is InChI=1S/C15H26N2OS/c1-4-9-16-14(13-7-5-6-8-13)10-19-15-17-11(2)12(3)18-15/h13-14,16H,4-10H2,1-3H3. The fraction of sp³-hybridized carbons (Fsp3) is 0.800. The number of oxazole rings is 1. The number of nitrogens with one attached hydrogen (secondary N) is 1. The Bertz CT molecular complexity index is 366. The first kappa shape index (κ1) is 14.9. The summed E-state index contributed by atoms with van der Waals surface area (Å²) >= 11 is 1.76. The number of nitrogens with zero attached hydrogens (tertiary/aromatic N) is 1. The van der Waals surface area contributed by atoms with E-state index in [9.17, 15) is 0 Å². The van der Waals surface area contributed by atoms with Gasteiger partial charge in [-0.15, -0.1) is 0 Å². The van der Waals surface area contributed by atoms with E-state index >= 15 is 0 Å². The summed E-state index contributed by atoms with van der Waals surface area (Å²) < 4.78 is 5.66. The van der Waals surface area contributed by atoms with E-state index < -0.39 is 0 Å². The van der Waals surface area contributed by atoms with E-state index in [0.717, 1.165) is 34.9 Å². The van der Waals surface area contributed by atoms with Crippen molar-refractivity contribution in [2.24, 2.45) is 5.92 Å². The summed E-state index contributed by atoms with van der Waals surface area (Å²) in [5.41, 5.74) is 1.02. The first-order valence-corrected chi connectivity index (χ1v) is 8.49. The first-order valence-electron chi connectivity index (χ1n) is 7.51. The minimum Gasteiger partial charge on any atom is -0.437 e. The van der Waals surface area contributed by atoms with Crippen LogP contribution in [0.5, 0.6) is 0 Å². The number of hydrogen-bond donors (Lipinski definition) is 1. The van der Waals surface area contributed by atoms with Gasteiger partial charge in [0.2, 0.25) is 0 Å². The average Bonchev–Trinajstić information content (AvgIpc) is 3.01. The number of aromatic nitrogens is 1. The van der Waals surface area contributed by atoms with E-state index in [1.54, 1.807) is 11.8 Å². The van der Waals surface area contributed by atoms with Crippen LogP contribution < -0.4 is 5.32 Å². The van der Waals surface area contributed by atoms with Crippen molar-refractivity contribution in [2.75, 3.05) is 12.3 Å². The van der Waals surface area contributed by atoms with Crippen molar-refractivity contribution >= 4 is 11.8 Å². The zero-order valence-corrected chi connectivity index (χ0v) is 13.2. The van der Waals surface area contributed by atoms with Crippen LogP contribution in [0.1, 0.15) is 50.5 Å². The van der Waals surface area contributed by atoms with Gasteiger partial charge >= 0.3 is 0 Å². The molecule has 0 saturated heterocycles. The van der Waals surface area contributed by atoms with Crippen molar-refractivity contribution in [2.45, 2.75) is 64.1 Å². The molecule has 0 bridgehead atoms. The van der Waals surface area contributed by atoms with Gasteiger partial charge in [-0.2, -0.15) is 0 Å². The van der Waals surface area contributed by atoms with Crippen molar-refractivity contribution in [3.63, 3.8) is 0 Å². The van der Waals surface area contributed by atoms with Gasteiger partial charge in [-0.05, 0) is 45.6 Å². The van der Waals surface area contributed by atoms with Crippen LogP contribution >= 0.6 is 11.8 Å². The Hall–Kier alpha value is -0.480. The highest BCUT2D eigenvalue weighted by Crippen LogP contribution is 2.31. The second-order valence-electron chi connectivity index (χ2n) is 5.54. The van der Waals surface area contributed by atoms with E-state index in [1.165, 1.54) is 32.1 Å². The highest BCUT2D eigenvalue weighted by Gasteiger charge is 2.25. The smallest absolute Gasteiger partial charge is 0.256 e. The lowest BCUT2D eigenvalue weighted by atomic mass is 10.00. The Morgan fingerprint density at radius 2 is 2.11 bits per heavy atom. The molecule has 1 aliphatic carbocycles. The molecule has 1 unspecified atom stereocenters. The number of thioether (sulfide) groups is 1. The van der Waals surface area contributed by atoms with Crippen molar-refractivity contribution in [1.29, 1.82) is 0 Å². The van der Waals surface area contributed by atoms with E-state index in [-0.39, 0.29) is 0 Å². The molecule has 19 heavy (non-hydrogen) atoms. The molecule has 108 valence electrons. The molecule has 1 heterocycles. The second kappa shape index (κ2) is 7.34. The first-order chi connectivity index (χ1) is 9.20. The molecular weight excluding hydrogens is 256 g/mol. The van der Waals surface area contributed by atoms with E-state index in [1.807, 2.05) is 13.8 Å². The highest BCUT2D eigenvalue weighted by molar-refractivity contribution is 7.99. The van der Waals surface area contributed by atoms with Gasteiger partial charge < -0.3 is 9.73 Å². The lowest BCUT2D eigenvalue weighted by Gasteiger charge is -2.23. The SMILES string of the molecule is CCCNC(CSc1nc(C)c(C)o1)C1CCCC1. The lowest BCUT2D eigenvalue weighted by Crippen LogP contribution is -2.37. The minimum absolute atomic E-state index is 0.611. The summed E-state index contributed by atoms with van der Waals surface area (Å²) in [7, 11) is 0. The second-order valence-corrected chi connectivity index (χ2v) is 6.51. The van der Waals surface area contributed by atoms with Crippen molar-refractivity contribution < 1.29 is 4.42 Å². The molecule has 1 aromatic rings. The molecule has 0 amide bonds. The molecule has 0 radical (unpaired) electrons. The topological polar surface area (TPSA) is 38.1 Å². The molecule has 1 fully saturated rings. The summed E-state index contributed by atoms with van der Waals surface area (Å²) in [6.45, 7) is 7.33. The van der Waals surface area contributed by atoms with Gasteiger partial charge in [-0.1, -0.05) is 31.5 Å². The Labute approximate surface area is 120 Å².